The Balaban J connectivity index is 2.59. The summed E-state index contributed by atoms with van der Waals surface area (Å²) in [5.74, 6) is 0. The molecule has 1 N–H and O–H groups in total. The molecule has 1 rings (SSSR count). The second kappa shape index (κ2) is 7.49. The van der Waals surface area contributed by atoms with Gasteiger partial charge in [-0.15, -0.1) is 0 Å². The molecule has 0 fully saturated rings. The number of rotatable bonds is 6. The summed E-state index contributed by atoms with van der Waals surface area (Å²) < 4.78 is 5.80. The Bertz CT molecular complexity index is 431. The van der Waals surface area contributed by atoms with Crippen LogP contribution < -0.4 is 0 Å². The summed E-state index contributed by atoms with van der Waals surface area (Å²) in [5.41, 5.74) is 1.72. The van der Waals surface area contributed by atoms with Crippen molar-refractivity contribution < 1.29 is 9.84 Å². The van der Waals surface area contributed by atoms with E-state index in [0.29, 0.717) is 25.3 Å². The molecule has 1 atom stereocenters. The fraction of sp³-hybridized carbons (Fsp3) is 0.462. The molecular formula is C13H17BrN2O2. The quantitative estimate of drug-likeness (QED) is 0.869. The van der Waals surface area contributed by atoms with Crippen LogP contribution in [0, 0.1) is 11.3 Å². The highest BCUT2D eigenvalue weighted by Gasteiger charge is 2.10. The van der Waals surface area contributed by atoms with Crippen molar-refractivity contribution in [1.82, 2.24) is 4.90 Å². The van der Waals surface area contributed by atoms with E-state index in [1.807, 2.05) is 18.0 Å². The number of benzene rings is 1. The number of ether oxygens (including phenoxy) is 1. The van der Waals surface area contributed by atoms with Gasteiger partial charge in [-0.3, -0.25) is 4.90 Å². The molecule has 1 aromatic rings. The monoisotopic (exact) mass is 312 g/mol. The maximum atomic E-state index is 9.63. The van der Waals surface area contributed by atoms with Gasteiger partial charge in [0, 0.05) is 24.7 Å². The van der Waals surface area contributed by atoms with E-state index in [-0.39, 0.29) is 0 Å². The van der Waals surface area contributed by atoms with Gasteiger partial charge in [0.2, 0.25) is 0 Å². The van der Waals surface area contributed by atoms with Gasteiger partial charge in [-0.2, -0.15) is 5.26 Å². The zero-order valence-electron chi connectivity index (χ0n) is 10.6. The highest BCUT2D eigenvalue weighted by Crippen LogP contribution is 2.19. The van der Waals surface area contributed by atoms with Crippen molar-refractivity contribution in [2.24, 2.45) is 0 Å². The van der Waals surface area contributed by atoms with Gasteiger partial charge in [0.15, 0.2) is 0 Å². The van der Waals surface area contributed by atoms with E-state index in [2.05, 4.69) is 22.0 Å². The van der Waals surface area contributed by atoms with Gasteiger partial charge in [-0.25, -0.2) is 0 Å². The molecular weight excluding hydrogens is 296 g/mol. The third-order valence-corrected chi connectivity index (χ3v) is 3.24. The molecule has 1 aromatic carbocycles. The maximum absolute atomic E-state index is 9.63. The molecule has 0 bridgehead atoms. The molecule has 0 saturated carbocycles. The summed E-state index contributed by atoms with van der Waals surface area (Å²) in [5, 5.41) is 18.4. The molecule has 0 heterocycles. The Kier molecular flexibility index (Phi) is 6.30. The standard InChI is InChI=1S/C13H17BrN2O2/c1-16(8-12(17)9-18-2)7-11-4-3-10(6-15)5-13(11)14/h3-5,12,17H,7-9H2,1-2H3. The summed E-state index contributed by atoms with van der Waals surface area (Å²) in [7, 11) is 3.50. The molecule has 0 spiro atoms. The zero-order valence-corrected chi connectivity index (χ0v) is 12.1. The molecule has 0 aromatic heterocycles. The molecule has 0 aliphatic heterocycles. The predicted molar refractivity (Wildman–Crippen MR) is 73.1 cm³/mol. The molecule has 98 valence electrons. The molecule has 0 aliphatic carbocycles. The first-order chi connectivity index (χ1) is 8.56. The lowest BCUT2D eigenvalue weighted by molar-refractivity contribution is 0.0418. The highest BCUT2D eigenvalue weighted by atomic mass is 79.9. The fourth-order valence-electron chi connectivity index (χ4n) is 1.71. The minimum atomic E-state index is -0.489. The Morgan fingerprint density at radius 2 is 2.28 bits per heavy atom. The first-order valence-corrected chi connectivity index (χ1v) is 6.40. The van der Waals surface area contributed by atoms with Crippen molar-refractivity contribution in [3.8, 4) is 6.07 Å². The molecule has 0 radical (unpaired) electrons. The highest BCUT2D eigenvalue weighted by molar-refractivity contribution is 9.10. The van der Waals surface area contributed by atoms with Gasteiger partial charge in [0.25, 0.3) is 0 Å². The molecule has 1 unspecified atom stereocenters. The number of aliphatic hydroxyl groups is 1. The Hall–Kier alpha value is -0.930. The summed E-state index contributed by atoms with van der Waals surface area (Å²) >= 11 is 3.45. The lowest BCUT2D eigenvalue weighted by Gasteiger charge is -2.20. The third kappa shape index (κ3) is 4.75. The van der Waals surface area contributed by atoms with Crippen LogP contribution in [0.15, 0.2) is 22.7 Å². The van der Waals surface area contributed by atoms with Gasteiger partial charge < -0.3 is 9.84 Å². The first-order valence-electron chi connectivity index (χ1n) is 5.61. The SMILES string of the molecule is COCC(O)CN(C)Cc1ccc(C#N)cc1Br. The van der Waals surface area contributed by atoms with Gasteiger partial charge in [0.1, 0.15) is 0 Å². The zero-order chi connectivity index (χ0) is 13.5. The van der Waals surface area contributed by atoms with E-state index < -0.39 is 6.10 Å². The number of halogens is 1. The lowest BCUT2D eigenvalue weighted by atomic mass is 10.1. The molecule has 4 nitrogen and oxygen atoms in total. The number of nitrogens with zero attached hydrogens (tertiary/aromatic N) is 2. The van der Waals surface area contributed by atoms with Gasteiger partial charge in [0.05, 0.1) is 24.3 Å². The van der Waals surface area contributed by atoms with Crippen LogP contribution in [0.1, 0.15) is 11.1 Å². The summed E-state index contributed by atoms with van der Waals surface area (Å²) in [6, 6.07) is 7.61. The van der Waals surface area contributed by atoms with Crippen LogP contribution >= 0.6 is 15.9 Å². The van der Waals surface area contributed by atoms with Crippen LogP contribution in [0.3, 0.4) is 0 Å². The fourth-order valence-corrected chi connectivity index (χ4v) is 2.21. The van der Waals surface area contributed by atoms with E-state index in [4.69, 9.17) is 10.00 Å². The minimum Gasteiger partial charge on any atom is -0.389 e. The second-order valence-electron chi connectivity index (χ2n) is 4.22. The summed E-state index contributed by atoms with van der Waals surface area (Å²) in [4.78, 5) is 2.01. The van der Waals surface area contributed by atoms with Crippen molar-refractivity contribution in [3.05, 3.63) is 33.8 Å². The molecule has 0 amide bonds. The van der Waals surface area contributed by atoms with Crippen LogP contribution in [-0.4, -0.2) is 43.4 Å². The lowest BCUT2D eigenvalue weighted by Crippen LogP contribution is -2.31. The number of aliphatic hydroxyl groups excluding tert-OH is 1. The van der Waals surface area contributed by atoms with Crippen molar-refractivity contribution >= 4 is 15.9 Å². The summed E-state index contributed by atoms with van der Waals surface area (Å²) in [6.45, 7) is 1.58. The van der Waals surface area contributed by atoms with Gasteiger partial charge in [-0.05, 0) is 24.7 Å². The van der Waals surface area contributed by atoms with Crippen molar-refractivity contribution in [1.29, 1.82) is 5.26 Å². The molecule has 0 aliphatic rings. The number of hydrogen-bond acceptors (Lipinski definition) is 4. The average Bonchev–Trinajstić information content (AvgIpc) is 2.31. The van der Waals surface area contributed by atoms with Crippen LogP contribution in [0.4, 0.5) is 0 Å². The minimum absolute atomic E-state index is 0.332. The Morgan fingerprint density at radius 1 is 1.56 bits per heavy atom. The van der Waals surface area contributed by atoms with Crippen LogP contribution in [0.25, 0.3) is 0 Å². The van der Waals surface area contributed by atoms with Crippen molar-refractivity contribution in [3.63, 3.8) is 0 Å². The number of methoxy groups -OCH3 is 1. The largest absolute Gasteiger partial charge is 0.389 e. The summed E-state index contributed by atoms with van der Waals surface area (Å²) in [6.07, 6.45) is -0.489. The van der Waals surface area contributed by atoms with E-state index in [9.17, 15) is 5.11 Å². The number of nitriles is 1. The maximum Gasteiger partial charge on any atom is 0.0992 e. The van der Waals surface area contributed by atoms with Crippen LogP contribution in [-0.2, 0) is 11.3 Å². The van der Waals surface area contributed by atoms with Crippen LogP contribution in [0.2, 0.25) is 0 Å². The van der Waals surface area contributed by atoms with Crippen molar-refractivity contribution in [2.45, 2.75) is 12.6 Å². The van der Waals surface area contributed by atoms with E-state index >= 15 is 0 Å². The normalized spacial score (nSPS) is 12.4. The average molecular weight is 313 g/mol. The van der Waals surface area contributed by atoms with Gasteiger partial charge in [-0.1, -0.05) is 22.0 Å². The van der Waals surface area contributed by atoms with Crippen molar-refractivity contribution in [2.75, 3.05) is 27.3 Å². The molecule has 5 heteroatoms. The molecule has 18 heavy (non-hydrogen) atoms. The van der Waals surface area contributed by atoms with Gasteiger partial charge >= 0.3 is 0 Å². The Labute approximate surface area is 116 Å². The van der Waals surface area contributed by atoms with Crippen LogP contribution in [0.5, 0.6) is 0 Å². The second-order valence-corrected chi connectivity index (χ2v) is 5.08. The van der Waals surface area contributed by atoms with E-state index in [0.717, 1.165) is 10.0 Å². The van der Waals surface area contributed by atoms with E-state index in [1.54, 1.807) is 19.2 Å². The topological polar surface area (TPSA) is 56.5 Å². The third-order valence-electron chi connectivity index (χ3n) is 2.50. The van der Waals surface area contributed by atoms with E-state index in [1.165, 1.54) is 0 Å². The number of likely N-dealkylation sites (N-methyl/N-ethyl adjacent to an activating group) is 1. The Morgan fingerprint density at radius 3 is 2.83 bits per heavy atom. The number of hydrogen-bond donors (Lipinski definition) is 1. The predicted octanol–water partition coefficient (Wildman–Crippen LogP) is 1.76. The molecule has 0 saturated heterocycles. The first kappa shape index (κ1) is 15.1. The smallest absolute Gasteiger partial charge is 0.0992 e.